The Morgan fingerprint density at radius 2 is 2.24 bits per heavy atom. The SMILES string of the molecule is CCOCCCn1c(-c2cccs2)nc2cc(Cl)ccc21. The highest BCUT2D eigenvalue weighted by molar-refractivity contribution is 7.13. The lowest BCUT2D eigenvalue weighted by Gasteiger charge is -2.08. The first-order valence-electron chi connectivity index (χ1n) is 7.07. The van der Waals surface area contributed by atoms with Gasteiger partial charge in [0.1, 0.15) is 0 Å². The van der Waals surface area contributed by atoms with E-state index in [1.807, 2.05) is 25.1 Å². The summed E-state index contributed by atoms with van der Waals surface area (Å²) < 4.78 is 7.70. The van der Waals surface area contributed by atoms with Crippen LogP contribution in [0.5, 0.6) is 0 Å². The van der Waals surface area contributed by atoms with E-state index in [1.54, 1.807) is 11.3 Å². The molecule has 0 N–H and O–H groups in total. The van der Waals surface area contributed by atoms with E-state index in [0.717, 1.165) is 48.1 Å². The van der Waals surface area contributed by atoms with E-state index >= 15 is 0 Å². The summed E-state index contributed by atoms with van der Waals surface area (Å²) in [5, 5.41) is 2.80. The second-order valence-electron chi connectivity index (χ2n) is 4.75. The Morgan fingerprint density at radius 1 is 1.33 bits per heavy atom. The van der Waals surface area contributed by atoms with Crippen LogP contribution in [0.3, 0.4) is 0 Å². The van der Waals surface area contributed by atoms with Crippen molar-refractivity contribution in [3.05, 3.63) is 40.7 Å². The number of imidazole rings is 1. The van der Waals surface area contributed by atoms with Gasteiger partial charge < -0.3 is 9.30 Å². The predicted octanol–water partition coefficient (Wildman–Crippen LogP) is 4.84. The Morgan fingerprint density at radius 3 is 3.00 bits per heavy atom. The van der Waals surface area contributed by atoms with Crippen LogP contribution in [0.2, 0.25) is 5.02 Å². The summed E-state index contributed by atoms with van der Waals surface area (Å²) in [5.74, 6) is 1.01. The number of halogens is 1. The maximum atomic E-state index is 6.08. The summed E-state index contributed by atoms with van der Waals surface area (Å²) in [4.78, 5) is 5.94. The predicted molar refractivity (Wildman–Crippen MR) is 89.2 cm³/mol. The van der Waals surface area contributed by atoms with E-state index in [2.05, 4.69) is 22.1 Å². The highest BCUT2D eigenvalue weighted by atomic mass is 35.5. The smallest absolute Gasteiger partial charge is 0.151 e. The van der Waals surface area contributed by atoms with Crippen molar-refractivity contribution in [2.45, 2.75) is 19.9 Å². The first-order valence-corrected chi connectivity index (χ1v) is 8.32. The molecule has 0 atom stereocenters. The van der Waals surface area contributed by atoms with Gasteiger partial charge in [-0.2, -0.15) is 0 Å². The highest BCUT2D eigenvalue weighted by Gasteiger charge is 2.13. The van der Waals surface area contributed by atoms with Crippen LogP contribution in [0.1, 0.15) is 13.3 Å². The third kappa shape index (κ3) is 3.12. The van der Waals surface area contributed by atoms with Gasteiger partial charge in [-0.1, -0.05) is 17.7 Å². The second kappa shape index (κ2) is 6.60. The molecule has 0 aliphatic rings. The average Bonchev–Trinajstić information content (AvgIpc) is 3.10. The largest absolute Gasteiger partial charge is 0.382 e. The van der Waals surface area contributed by atoms with Gasteiger partial charge in [0, 0.05) is 24.8 Å². The minimum absolute atomic E-state index is 0.721. The lowest BCUT2D eigenvalue weighted by atomic mass is 10.3. The van der Waals surface area contributed by atoms with Gasteiger partial charge in [0.05, 0.1) is 15.9 Å². The number of ether oxygens (including phenoxy) is 1. The normalized spacial score (nSPS) is 11.3. The molecule has 21 heavy (non-hydrogen) atoms. The van der Waals surface area contributed by atoms with Gasteiger partial charge in [-0.25, -0.2) is 4.98 Å². The van der Waals surface area contributed by atoms with E-state index < -0.39 is 0 Å². The minimum Gasteiger partial charge on any atom is -0.382 e. The number of aryl methyl sites for hydroxylation is 1. The van der Waals surface area contributed by atoms with Crippen molar-refractivity contribution < 1.29 is 4.74 Å². The standard InChI is InChI=1S/C16H17ClN2OS/c1-2-20-9-4-8-19-14-7-6-12(17)11-13(14)18-16(19)15-5-3-10-21-15/h3,5-7,10-11H,2,4,8-9H2,1H3. The van der Waals surface area contributed by atoms with E-state index in [4.69, 9.17) is 21.3 Å². The van der Waals surface area contributed by atoms with Crippen LogP contribution >= 0.6 is 22.9 Å². The Bertz CT molecular complexity index is 721. The van der Waals surface area contributed by atoms with Crippen molar-refractivity contribution in [1.29, 1.82) is 0 Å². The summed E-state index contributed by atoms with van der Waals surface area (Å²) in [6.45, 7) is 4.45. The number of rotatable bonds is 6. The zero-order valence-electron chi connectivity index (χ0n) is 11.9. The van der Waals surface area contributed by atoms with Crippen molar-refractivity contribution in [3.8, 4) is 10.7 Å². The fourth-order valence-electron chi connectivity index (χ4n) is 2.39. The lowest BCUT2D eigenvalue weighted by Crippen LogP contribution is -2.04. The molecule has 3 rings (SSSR count). The second-order valence-corrected chi connectivity index (χ2v) is 6.13. The molecule has 0 bridgehead atoms. The lowest BCUT2D eigenvalue weighted by molar-refractivity contribution is 0.142. The molecule has 0 fully saturated rings. The van der Waals surface area contributed by atoms with Crippen molar-refractivity contribution in [1.82, 2.24) is 9.55 Å². The highest BCUT2D eigenvalue weighted by Crippen LogP contribution is 2.29. The zero-order chi connectivity index (χ0) is 14.7. The number of hydrogen-bond acceptors (Lipinski definition) is 3. The molecule has 3 nitrogen and oxygen atoms in total. The van der Waals surface area contributed by atoms with E-state index in [0.29, 0.717) is 0 Å². The molecule has 0 radical (unpaired) electrons. The summed E-state index contributed by atoms with van der Waals surface area (Å²) in [6.07, 6.45) is 0.973. The topological polar surface area (TPSA) is 27.1 Å². The van der Waals surface area contributed by atoms with E-state index in [-0.39, 0.29) is 0 Å². The molecule has 1 aromatic carbocycles. The van der Waals surface area contributed by atoms with Gasteiger partial charge in [0.25, 0.3) is 0 Å². The molecule has 0 aliphatic carbocycles. The molecule has 0 saturated carbocycles. The molecule has 0 amide bonds. The van der Waals surface area contributed by atoms with E-state index in [1.165, 1.54) is 4.88 Å². The van der Waals surface area contributed by atoms with Crippen LogP contribution in [0.4, 0.5) is 0 Å². The Hall–Kier alpha value is -1.36. The number of thiophene rings is 1. The number of benzene rings is 1. The van der Waals surface area contributed by atoms with Gasteiger partial charge in [0.15, 0.2) is 5.82 Å². The minimum atomic E-state index is 0.721. The maximum Gasteiger partial charge on any atom is 0.151 e. The summed E-state index contributed by atoms with van der Waals surface area (Å²) in [5.41, 5.74) is 2.07. The number of fused-ring (bicyclic) bond motifs is 1. The Labute approximate surface area is 133 Å². The zero-order valence-corrected chi connectivity index (χ0v) is 13.5. The molecule has 3 aromatic rings. The van der Waals surface area contributed by atoms with E-state index in [9.17, 15) is 0 Å². The van der Waals surface area contributed by atoms with Crippen LogP contribution < -0.4 is 0 Å². The Kier molecular flexibility index (Phi) is 4.58. The van der Waals surface area contributed by atoms with Crippen molar-refractivity contribution in [2.24, 2.45) is 0 Å². The third-order valence-electron chi connectivity index (χ3n) is 3.33. The maximum absolute atomic E-state index is 6.08. The number of nitrogens with zero attached hydrogens (tertiary/aromatic N) is 2. The first kappa shape index (κ1) is 14.6. The summed E-state index contributed by atoms with van der Waals surface area (Å²) in [7, 11) is 0. The van der Waals surface area contributed by atoms with Crippen LogP contribution in [-0.2, 0) is 11.3 Å². The van der Waals surface area contributed by atoms with Gasteiger partial charge in [0.2, 0.25) is 0 Å². The number of aromatic nitrogens is 2. The van der Waals surface area contributed by atoms with Crippen molar-refractivity contribution in [2.75, 3.05) is 13.2 Å². The molecule has 0 aliphatic heterocycles. The molecule has 2 heterocycles. The molecular formula is C16H17ClN2OS. The molecule has 2 aromatic heterocycles. The van der Waals surface area contributed by atoms with Crippen LogP contribution in [0.25, 0.3) is 21.7 Å². The first-order chi connectivity index (χ1) is 10.3. The van der Waals surface area contributed by atoms with Gasteiger partial charge in [-0.15, -0.1) is 11.3 Å². The monoisotopic (exact) mass is 320 g/mol. The fourth-order valence-corrected chi connectivity index (χ4v) is 3.28. The molecule has 0 unspecified atom stereocenters. The molecule has 0 spiro atoms. The van der Waals surface area contributed by atoms with Crippen molar-refractivity contribution in [3.63, 3.8) is 0 Å². The average molecular weight is 321 g/mol. The number of hydrogen-bond donors (Lipinski definition) is 0. The van der Waals surface area contributed by atoms with Gasteiger partial charge >= 0.3 is 0 Å². The summed E-state index contributed by atoms with van der Waals surface area (Å²) >= 11 is 7.79. The molecule has 5 heteroatoms. The molecular weight excluding hydrogens is 304 g/mol. The van der Waals surface area contributed by atoms with Crippen LogP contribution in [0.15, 0.2) is 35.7 Å². The van der Waals surface area contributed by atoms with Crippen LogP contribution in [0, 0.1) is 0 Å². The van der Waals surface area contributed by atoms with Gasteiger partial charge in [-0.05, 0) is 43.0 Å². The summed E-state index contributed by atoms with van der Waals surface area (Å²) in [6, 6.07) is 10.0. The molecule has 110 valence electrons. The fraction of sp³-hybridized carbons (Fsp3) is 0.312. The quantitative estimate of drug-likeness (QED) is 0.607. The van der Waals surface area contributed by atoms with Crippen molar-refractivity contribution >= 4 is 34.0 Å². The Balaban J connectivity index is 1.99. The van der Waals surface area contributed by atoms with Gasteiger partial charge in [-0.3, -0.25) is 0 Å². The van der Waals surface area contributed by atoms with Crippen LogP contribution in [-0.4, -0.2) is 22.8 Å². The third-order valence-corrected chi connectivity index (χ3v) is 4.43. The molecule has 0 saturated heterocycles.